The molecule has 0 heterocycles. The van der Waals surface area contributed by atoms with Crippen LogP contribution in [-0.2, 0) is 0 Å². The van der Waals surface area contributed by atoms with Crippen molar-refractivity contribution in [2.75, 3.05) is 7.05 Å². The zero-order valence-electron chi connectivity index (χ0n) is 9.89. The number of benzene rings is 1. The van der Waals surface area contributed by atoms with Crippen LogP contribution in [0.2, 0.25) is 0 Å². The maximum absolute atomic E-state index is 5.27. The minimum absolute atomic E-state index is 0.377. The largest absolute Gasteiger partial charge is 0.313 e. The maximum Gasteiger partial charge on any atom is 0.0329 e. The third kappa shape index (κ3) is 3.37. The molecule has 0 bridgehead atoms. The summed E-state index contributed by atoms with van der Waals surface area (Å²) in [6, 6.07) is 6.75. The predicted molar refractivity (Wildman–Crippen MR) is 73.4 cm³/mol. The lowest BCUT2D eigenvalue weighted by Crippen LogP contribution is -2.17. The Morgan fingerprint density at radius 3 is 2.88 bits per heavy atom. The van der Waals surface area contributed by atoms with Gasteiger partial charge in [0, 0.05) is 16.9 Å². The lowest BCUT2D eigenvalue weighted by atomic mass is 9.99. The number of rotatable bonds is 5. The first-order chi connectivity index (χ1) is 7.70. The van der Waals surface area contributed by atoms with E-state index in [2.05, 4.69) is 52.3 Å². The Morgan fingerprint density at radius 1 is 1.50 bits per heavy atom. The molecule has 2 heteroatoms. The molecule has 0 fully saturated rings. The summed E-state index contributed by atoms with van der Waals surface area (Å²) in [5.41, 5.74) is 2.59. The maximum atomic E-state index is 5.27. The molecule has 0 saturated heterocycles. The second-order valence-corrected chi connectivity index (χ2v) is 4.71. The molecule has 0 amide bonds. The van der Waals surface area contributed by atoms with E-state index in [9.17, 15) is 0 Å². The highest BCUT2D eigenvalue weighted by Crippen LogP contribution is 2.29. The number of hydrogen-bond acceptors (Lipinski definition) is 1. The SMILES string of the molecule is C#CCCCC(NC)c1cccc(C)c1Br. The van der Waals surface area contributed by atoms with Crippen molar-refractivity contribution in [2.24, 2.45) is 0 Å². The van der Waals surface area contributed by atoms with Crippen molar-refractivity contribution in [1.29, 1.82) is 0 Å². The van der Waals surface area contributed by atoms with Gasteiger partial charge in [0.2, 0.25) is 0 Å². The summed E-state index contributed by atoms with van der Waals surface area (Å²) in [5.74, 6) is 2.69. The van der Waals surface area contributed by atoms with Crippen molar-refractivity contribution in [3.63, 3.8) is 0 Å². The van der Waals surface area contributed by atoms with Gasteiger partial charge < -0.3 is 5.32 Å². The van der Waals surface area contributed by atoms with E-state index in [1.807, 2.05) is 7.05 Å². The number of unbranched alkanes of at least 4 members (excludes halogenated alkanes) is 1. The Kier molecular flexibility index (Phi) is 5.59. The average molecular weight is 280 g/mol. The Hall–Kier alpha value is -0.780. The van der Waals surface area contributed by atoms with E-state index < -0.39 is 0 Å². The van der Waals surface area contributed by atoms with Crippen molar-refractivity contribution in [3.8, 4) is 12.3 Å². The van der Waals surface area contributed by atoms with Gasteiger partial charge in [-0.1, -0.05) is 34.1 Å². The van der Waals surface area contributed by atoms with Gasteiger partial charge in [0.05, 0.1) is 0 Å². The summed E-state index contributed by atoms with van der Waals surface area (Å²) in [6.45, 7) is 2.11. The van der Waals surface area contributed by atoms with Crippen molar-refractivity contribution in [2.45, 2.75) is 32.2 Å². The van der Waals surface area contributed by atoms with Crippen LogP contribution in [0.5, 0.6) is 0 Å². The van der Waals surface area contributed by atoms with Gasteiger partial charge in [-0.25, -0.2) is 0 Å². The second kappa shape index (κ2) is 6.73. The first-order valence-electron chi connectivity index (χ1n) is 5.56. The van der Waals surface area contributed by atoms with Crippen molar-refractivity contribution >= 4 is 15.9 Å². The molecule has 1 N–H and O–H groups in total. The fourth-order valence-electron chi connectivity index (χ4n) is 1.80. The highest BCUT2D eigenvalue weighted by molar-refractivity contribution is 9.10. The molecule has 1 nitrogen and oxygen atoms in total. The minimum atomic E-state index is 0.377. The molecule has 0 aliphatic heterocycles. The zero-order valence-corrected chi connectivity index (χ0v) is 11.5. The van der Waals surface area contributed by atoms with Crippen LogP contribution in [-0.4, -0.2) is 7.05 Å². The van der Waals surface area contributed by atoms with E-state index >= 15 is 0 Å². The zero-order chi connectivity index (χ0) is 12.0. The molecule has 0 aliphatic carbocycles. The Morgan fingerprint density at radius 2 is 2.25 bits per heavy atom. The summed E-state index contributed by atoms with van der Waals surface area (Å²) in [7, 11) is 2.00. The molecule has 0 saturated carbocycles. The molecule has 0 aliphatic rings. The Labute approximate surface area is 107 Å². The minimum Gasteiger partial charge on any atom is -0.313 e. The number of hydrogen-bond donors (Lipinski definition) is 1. The topological polar surface area (TPSA) is 12.0 Å². The molecule has 0 spiro atoms. The monoisotopic (exact) mass is 279 g/mol. The smallest absolute Gasteiger partial charge is 0.0329 e. The van der Waals surface area contributed by atoms with Crippen LogP contribution in [0.1, 0.15) is 36.4 Å². The first-order valence-corrected chi connectivity index (χ1v) is 6.35. The number of terminal acetylenes is 1. The predicted octanol–water partition coefficient (Wildman–Crippen LogP) is 3.82. The van der Waals surface area contributed by atoms with Crippen LogP contribution in [0.4, 0.5) is 0 Å². The molecule has 1 atom stereocenters. The van der Waals surface area contributed by atoms with Gasteiger partial charge in [0.15, 0.2) is 0 Å². The molecular formula is C14H18BrN. The normalized spacial score (nSPS) is 12.1. The van der Waals surface area contributed by atoms with E-state index in [-0.39, 0.29) is 0 Å². The number of aryl methyl sites for hydroxylation is 1. The van der Waals surface area contributed by atoms with E-state index in [4.69, 9.17) is 6.42 Å². The third-order valence-electron chi connectivity index (χ3n) is 2.76. The molecule has 1 aromatic carbocycles. The summed E-state index contributed by atoms with van der Waals surface area (Å²) in [6.07, 6.45) is 8.25. The lowest BCUT2D eigenvalue weighted by Gasteiger charge is -2.18. The van der Waals surface area contributed by atoms with Crippen LogP contribution in [0.25, 0.3) is 0 Å². The van der Waals surface area contributed by atoms with E-state index in [1.54, 1.807) is 0 Å². The third-order valence-corrected chi connectivity index (χ3v) is 3.84. The van der Waals surface area contributed by atoms with Gasteiger partial charge in [-0.3, -0.25) is 0 Å². The fraction of sp³-hybridized carbons (Fsp3) is 0.429. The highest BCUT2D eigenvalue weighted by Gasteiger charge is 2.12. The van der Waals surface area contributed by atoms with Crippen LogP contribution >= 0.6 is 15.9 Å². The van der Waals surface area contributed by atoms with Gasteiger partial charge >= 0.3 is 0 Å². The summed E-state index contributed by atoms with van der Waals surface area (Å²) < 4.78 is 1.20. The standard InChI is InChI=1S/C14H18BrN/c1-4-5-6-10-13(16-3)12-9-7-8-11(2)14(12)15/h1,7-9,13,16H,5-6,10H2,2-3H3. The van der Waals surface area contributed by atoms with Gasteiger partial charge in [-0.2, -0.15) is 0 Å². The van der Waals surface area contributed by atoms with Gasteiger partial charge in [-0.05, 0) is 37.9 Å². The van der Waals surface area contributed by atoms with Crippen LogP contribution < -0.4 is 5.32 Å². The average Bonchev–Trinajstić information content (AvgIpc) is 2.29. The molecule has 1 rings (SSSR count). The lowest BCUT2D eigenvalue weighted by molar-refractivity contribution is 0.530. The molecule has 1 aromatic rings. The Bertz CT molecular complexity index is 379. The molecule has 1 unspecified atom stereocenters. The number of nitrogens with one attached hydrogen (secondary N) is 1. The molecule has 0 aromatic heterocycles. The quantitative estimate of drug-likeness (QED) is 0.638. The molecule has 0 radical (unpaired) electrons. The second-order valence-electron chi connectivity index (χ2n) is 3.92. The van der Waals surface area contributed by atoms with Crippen LogP contribution in [0.15, 0.2) is 22.7 Å². The van der Waals surface area contributed by atoms with Gasteiger partial charge in [0.25, 0.3) is 0 Å². The van der Waals surface area contributed by atoms with E-state index in [0.717, 1.165) is 19.3 Å². The van der Waals surface area contributed by atoms with Crippen molar-refractivity contribution in [3.05, 3.63) is 33.8 Å². The Balaban J connectivity index is 2.79. The van der Waals surface area contributed by atoms with Gasteiger partial charge in [-0.15, -0.1) is 12.3 Å². The molecule has 16 heavy (non-hydrogen) atoms. The fourth-order valence-corrected chi connectivity index (χ4v) is 2.34. The highest BCUT2D eigenvalue weighted by atomic mass is 79.9. The number of halogens is 1. The summed E-state index contributed by atoms with van der Waals surface area (Å²) in [4.78, 5) is 0. The summed E-state index contributed by atoms with van der Waals surface area (Å²) in [5, 5.41) is 3.35. The van der Waals surface area contributed by atoms with E-state index in [1.165, 1.54) is 15.6 Å². The molecular weight excluding hydrogens is 262 g/mol. The first kappa shape index (κ1) is 13.3. The molecule has 86 valence electrons. The summed E-state index contributed by atoms with van der Waals surface area (Å²) >= 11 is 3.65. The van der Waals surface area contributed by atoms with Crippen LogP contribution in [0.3, 0.4) is 0 Å². The van der Waals surface area contributed by atoms with Crippen LogP contribution in [0, 0.1) is 19.3 Å². The van der Waals surface area contributed by atoms with Crippen molar-refractivity contribution in [1.82, 2.24) is 5.32 Å². The van der Waals surface area contributed by atoms with E-state index in [0.29, 0.717) is 6.04 Å². The van der Waals surface area contributed by atoms with Crippen molar-refractivity contribution < 1.29 is 0 Å². The van der Waals surface area contributed by atoms with Gasteiger partial charge in [0.1, 0.15) is 0 Å².